The first-order valence-electron chi connectivity index (χ1n) is 5.55. The van der Waals surface area contributed by atoms with Gasteiger partial charge in [0.05, 0.1) is 19.8 Å². The van der Waals surface area contributed by atoms with Crippen molar-refractivity contribution in [2.45, 2.75) is 6.92 Å². The number of nitrogens with one attached hydrogen (secondary N) is 1. The molecular weight excluding hydrogens is 251 g/mol. The Morgan fingerprint density at radius 2 is 2.11 bits per heavy atom. The van der Waals surface area contributed by atoms with Crippen LogP contribution < -0.4 is 4.74 Å². The van der Waals surface area contributed by atoms with Crippen LogP contribution in [0, 0.1) is 12.7 Å². The van der Waals surface area contributed by atoms with Gasteiger partial charge < -0.3 is 14.5 Å². The molecule has 1 aromatic heterocycles. The number of carbonyl (C=O) groups excluding carboxylic acids is 1. The van der Waals surface area contributed by atoms with Gasteiger partial charge in [0.15, 0.2) is 5.69 Å². The molecular formula is C13H13FN2O3. The van der Waals surface area contributed by atoms with Gasteiger partial charge in [-0.3, -0.25) is 0 Å². The van der Waals surface area contributed by atoms with Crippen molar-refractivity contribution in [1.29, 1.82) is 0 Å². The van der Waals surface area contributed by atoms with E-state index in [9.17, 15) is 9.18 Å². The van der Waals surface area contributed by atoms with Crippen LogP contribution in [0.25, 0.3) is 11.4 Å². The van der Waals surface area contributed by atoms with Gasteiger partial charge in [-0.1, -0.05) is 0 Å². The number of H-pyrrole nitrogens is 1. The van der Waals surface area contributed by atoms with Crippen LogP contribution in [0.15, 0.2) is 18.2 Å². The van der Waals surface area contributed by atoms with E-state index in [0.717, 1.165) is 0 Å². The Morgan fingerprint density at radius 1 is 1.37 bits per heavy atom. The zero-order chi connectivity index (χ0) is 14.0. The average molecular weight is 264 g/mol. The highest BCUT2D eigenvalue weighted by Crippen LogP contribution is 2.29. The van der Waals surface area contributed by atoms with Crippen molar-refractivity contribution >= 4 is 5.97 Å². The maximum absolute atomic E-state index is 13.3. The lowest BCUT2D eigenvalue weighted by Gasteiger charge is -2.05. The topological polar surface area (TPSA) is 64.2 Å². The molecule has 6 heteroatoms. The molecule has 1 aromatic carbocycles. The lowest BCUT2D eigenvalue weighted by Crippen LogP contribution is -2.03. The Hall–Kier alpha value is -2.37. The van der Waals surface area contributed by atoms with Gasteiger partial charge in [-0.15, -0.1) is 0 Å². The number of imidazole rings is 1. The number of esters is 1. The van der Waals surface area contributed by atoms with E-state index in [4.69, 9.17) is 4.74 Å². The van der Waals surface area contributed by atoms with Crippen molar-refractivity contribution in [3.8, 4) is 17.1 Å². The summed E-state index contributed by atoms with van der Waals surface area (Å²) in [6.07, 6.45) is 0. The monoisotopic (exact) mass is 264 g/mol. The van der Waals surface area contributed by atoms with Crippen LogP contribution in [0.1, 0.15) is 16.2 Å². The van der Waals surface area contributed by atoms with Gasteiger partial charge in [0, 0.05) is 5.69 Å². The van der Waals surface area contributed by atoms with Crippen molar-refractivity contribution in [2.75, 3.05) is 14.2 Å². The first-order valence-corrected chi connectivity index (χ1v) is 5.55. The molecule has 0 aliphatic heterocycles. The van der Waals surface area contributed by atoms with Gasteiger partial charge in [0.25, 0.3) is 0 Å². The SMILES string of the molecule is COC(=O)c1nc(-c2cc(F)ccc2OC)[nH]c1C. The Balaban J connectivity index is 2.53. The molecule has 0 spiro atoms. The normalized spacial score (nSPS) is 10.3. The molecule has 0 radical (unpaired) electrons. The molecule has 1 N–H and O–H groups in total. The summed E-state index contributed by atoms with van der Waals surface area (Å²) >= 11 is 0. The minimum atomic E-state index is -0.546. The highest BCUT2D eigenvalue weighted by atomic mass is 19.1. The minimum absolute atomic E-state index is 0.170. The first-order chi connectivity index (χ1) is 9.06. The second-order valence-corrected chi connectivity index (χ2v) is 3.90. The van der Waals surface area contributed by atoms with Crippen LogP contribution in [0.5, 0.6) is 5.75 Å². The van der Waals surface area contributed by atoms with Gasteiger partial charge in [-0.25, -0.2) is 14.2 Å². The van der Waals surface area contributed by atoms with E-state index in [2.05, 4.69) is 14.7 Å². The maximum atomic E-state index is 13.3. The van der Waals surface area contributed by atoms with E-state index in [1.165, 1.54) is 32.4 Å². The van der Waals surface area contributed by atoms with E-state index >= 15 is 0 Å². The number of rotatable bonds is 3. The highest BCUT2D eigenvalue weighted by molar-refractivity contribution is 5.89. The molecule has 5 nitrogen and oxygen atoms in total. The molecule has 0 aliphatic rings. The number of methoxy groups -OCH3 is 2. The Bertz CT molecular complexity index is 622. The van der Waals surface area contributed by atoms with Gasteiger partial charge >= 0.3 is 5.97 Å². The van der Waals surface area contributed by atoms with Gasteiger partial charge in [0.1, 0.15) is 17.4 Å². The molecule has 100 valence electrons. The number of aryl methyl sites for hydroxylation is 1. The predicted molar refractivity (Wildman–Crippen MR) is 66.6 cm³/mol. The van der Waals surface area contributed by atoms with Crippen LogP contribution in [0.4, 0.5) is 4.39 Å². The van der Waals surface area contributed by atoms with E-state index in [1.54, 1.807) is 6.92 Å². The van der Waals surface area contributed by atoms with Gasteiger partial charge in [0.2, 0.25) is 0 Å². The van der Waals surface area contributed by atoms with E-state index in [-0.39, 0.29) is 5.69 Å². The third-order valence-electron chi connectivity index (χ3n) is 2.68. The maximum Gasteiger partial charge on any atom is 0.358 e. The number of hydrogen-bond donors (Lipinski definition) is 1. The lowest BCUT2D eigenvalue weighted by molar-refractivity contribution is 0.0594. The zero-order valence-corrected chi connectivity index (χ0v) is 10.8. The molecule has 0 aliphatic carbocycles. The number of benzene rings is 1. The quantitative estimate of drug-likeness (QED) is 0.864. The molecule has 0 atom stereocenters. The fourth-order valence-electron chi connectivity index (χ4n) is 1.75. The second kappa shape index (κ2) is 5.09. The van der Waals surface area contributed by atoms with E-state index in [1.807, 2.05) is 0 Å². The van der Waals surface area contributed by atoms with Crippen molar-refractivity contribution in [2.24, 2.45) is 0 Å². The molecule has 0 bridgehead atoms. The summed E-state index contributed by atoms with van der Waals surface area (Å²) < 4.78 is 23.1. The lowest BCUT2D eigenvalue weighted by atomic mass is 10.2. The summed E-state index contributed by atoms with van der Waals surface area (Å²) in [4.78, 5) is 18.5. The largest absolute Gasteiger partial charge is 0.496 e. The number of nitrogens with zero attached hydrogens (tertiary/aromatic N) is 1. The summed E-state index contributed by atoms with van der Waals surface area (Å²) in [5, 5.41) is 0. The highest BCUT2D eigenvalue weighted by Gasteiger charge is 2.18. The minimum Gasteiger partial charge on any atom is -0.496 e. The Labute approximate surface area is 109 Å². The number of aromatic amines is 1. The van der Waals surface area contributed by atoms with Crippen molar-refractivity contribution in [1.82, 2.24) is 9.97 Å². The summed E-state index contributed by atoms with van der Waals surface area (Å²) in [5.74, 6) is -0.138. The van der Waals surface area contributed by atoms with Crippen molar-refractivity contribution in [3.63, 3.8) is 0 Å². The van der Waals surface area contributed by atoms with Crippen LogP contribution in [-0.2, 0) is 4.74 Å². The van der Waals surface area contributed by atoms with Gasteiger partial charge in [-0.2, -0.15) is 0 Å². The Morgan fingerprint density at radius 3 is 2.74 bits per heavy atom. The third kappa shape index (κ3) is 2.42. The molecule has 2 rings (SSSR count). The summed E-state index contributed by atoms with van der Waals surface area (Å²) in [5.41, 5.74) is 1.16. The second-order valence-electron chi connectivity index (χ2n) is 3.90. The molecule has 0 amide bonds. The first kappa shape index (κ1) is 13.1. The van der Waals surface area contributed by atoms with Crippen LogP contribution in [0.2, 0.25) is 0 Å². The average Bonchev–Trinajstić information content (AvgIpc) is 2.79. The molecule has 1 heterocycles. The molecule has 2 aromatic rings. The zero-order valence-electron chi connectivity index (χ0n) is 10.8. The Kier molecular flexibility index (Phi) is 3.50. The van der Waals surface area contributed by atoms with Crippen LogP contribution in [-0.4, -0.2) is 30.2 Å². The molecule has 0 unspecified atom stereocenters. The van der Waals surface area contributed by atoms with Crippen LogP contribution >= 0.6 is 0 Å². The van der Waals surface area contributed by atoms with Gasteiger partial charge in [-0.05, 0) is 25.1 Å². The van der Waals surface area contributed by atoms with Crippen molar-refractivity contribution in [3.05, 3.63) is 35.4 Å². The molecule has 0 saturated carbocycles. The molecule has 0 fully saturated rings. The standard InChI is InChI=1S/C13H13FN2O3/c1-7-11(13(17)19-3)16-12(15-7)9-6-8(14)4-5-10(9)18-2/h4-6H,1-3H3,(H,15,16). The van der Waals surface area contributed by atoms with E-state index < -0.39 is 11.8 Å². The fourth-order valence-corrected chi connectivity index (χ4v) is 1.75. The number of carbonyl (C=O) groups is 1. The summed E-state index contributed by atoms with van der Waals surface area (Å²) in [6.45, 7) is 1.69. The number of ether oxygens (including phenoxy) is 2. The third-order valence-corrected chi connectivity index (χ3v) is 2.68. The summed E-state index contributed by atoms with van der Waals surface area (Å²) in [6, 6.07) is 4.08. The predicted octanol–water partition coefficient (Wildman–Crippen LogP) is 2.32. The smallest absolute Gasteiger partial charge is 0.358 e. The molecule has 19 heavy (non-hydrogen) atoms. The molecule has 0 saturated heterocycles. The summed E-state index contributed by atoms with van der Waals surface area (Å²) in [7, 11) is 2.76. The number of halogens is 1. The number of hydrogen-bond acceptors (Lipinski definition) is 4. The van der Waals surface area contributed by atoms with Crippen LogP contribution in [0.3, 0.4) is 0 Å². The van der Waals surface area contributed by atoms with E-state index in [0.29, 0.717) is 22.8 Å². The fraction of sp³-hybridized carbons (Fsp3) is 0.231. The number of aromatic nitrogens is 2. The van der Waals surface area contributed by atoms with Crippen molar-refractivity contribution < 1.29 is 18.7 Å².